The first-order chi connectivity index (χ1) is 10.1. The van der Waals surface area contributed by atoms with Gasteiger partial charge in [0.2, 0.25) is 5.88 Å². The van der Waals surface area contributed by atoms with Gasteiger partial charge in [0.1, 0.15) is 11.8 Å². The lowest BCUT2D eigenvalue weighted by Crippen LogP contribution is -2.51. The van der Waals surface area contributed by atoms with Gasteiger partial charge in [-0.05, 0) is 13.1 Å². The van der Waals surface area contributed by atoms with Gasteiger partial charge in [-0.25, -0.2) is 0 Å². The highest BCUT2D eigenvalue weighted by Crippen LogP contribution is 2.41. The molecule has 1 aromatic carbocycles. The van der Waals surface area contributed by atoms with Crippen molar-refractivity contribution in [2.24, 2.45) is 0 Å². The van der Waals surface area contributed by atoms with E-state index in [0.717, 1.165) is 13.1 Å². The Morgan fingerprint density at radius 3 is 2.71 bits per heavy atom. The van der Waals surface area contributed by atoms with Gasteiger partial charge in [-0.1, -0.05) is 16.8 Å². The Hall–Kier alpha value is -1.92. The van der Waals surface area contributed by atoms with Crippen LogP contribution in [0.4, 0.5) is 5.88 Å². The molecule has 1 aliphatic rings. The first-order valence-electron chi connectivity index (χ1n) is 6.52. The van der Waals surface area contributed by atoms with Crippen molar-refractivity contribution in [3.05, 3.63) is 23.2 Å². The molecule has 0 radical (unpaired) electrons. The van der Waals surface area contributed by atoms with Gasteiger partial charge in [-0.3, -0.25) is 4.90 Å². The predicted octanol–water partition coefficient (Wildman–Crippen LogP) is 2.28. The molecule has 2 N–H and O–H groups in total. The monoisotopic (exact) mass is 309 g/mol. The van der Waals surface area contributed by atoms with Crippen LogP contribution in [0.25, 0.3) is 11.3 Å². The number of hydrogen-bond acceptors (Lipinski definition) is 6. The van der Waals surface area contributed by atoms with Crippen molar-refractivity contribution < 1.29 is 14.0 Å². The third-order valence-electron chi connectivity index (χ3n) is 3.36. The second kappa shape index (κ2) is 5.46. The minimum Gasteiger partial charge on any atom is -0.493 e. The zero-order chi connectivity index (χ0) is 15.0. The van der Waals surface area contributed by atoms with Crippen LogP contribution in [0.2, 0.25) is 5.02 Å². The van der Waals surface area contributed by atoms with E-state index in [-0.39, 0.29) is 12.0 Å². The van der Waals surface area contributed by atoms with Gasteiger partial charge in [0.05, 0.1) is 12.7 Å². The van der Waals surface area contributed by atoms with E-state index in [1.54, 1.807) is 25.3 Å². The minimum absolute atomic E-state index is 0.119. The topological polar surface area (TPSA) is 73.8 Å². The van der Waals surface area contributed by atoms with Gasteiger partial charge >= 0.3 is 0 Å². The number of benzene rings is 1. The van der Waals surface area contributed by atoms with Crippen LogP contribution in [0, 0.1) is 0 Å². The van der Waals surface area contributed by atoms with E-state index in [4.69, 9.17) is 31.3 Å². The summed E-state index contributed by atoms with van der Waals surface area (Å²) in [4.78, 5) is 2.17. The lowest BCUT2D eigenvalue weighted by Gasteiger charge is -2.36. The van der Waals surface area contributed by atoms with Crippen molar-refractivity contribution in [3.8, 4) is 22.8 Å². The van der Waals surface area contributed by atoms with Crippen LogP contribution in [0.5, 0.6) is 11.5 Å². The van der Waals surface area contributed by atoms with Crippen molar-refractivity contribution in [1.82, 2.24) is 10.1 Å². The fourth-order valence-corrected chi connectivity index (χ4v) is 2.54. The fraction of sp³-hybridized carbons (Fsp3) is 0.357. The minimum atomic E-state index is 0.119. The smallest absolute Gasteiger partial charge is 0.222 e. The molecule has 1 aliphatic heterocycles. The molecule has 0 atom stereocenters. The van der Waals surface area contributed by atoms with E-state index in [0.29, 0.717) is 27.8 Å². The third-order valence-corrected chi connectivity index (χ3v) is 3.58. The molecule has 3 rings (SSSR count). The van der Waals surface area contributed by atoms with Crippen molar-refractivity contribution in [2.75, 3.05) is 33.0 Å². The number of methoxy groups -OCH3 is 1. The second-order valence-corrected chi connectivity index (χ2v) is 5.50. The number of rotatable bonds is 4. The summed E-state index contributed by atoms with van der Waals surface area (Å²) in [5.41, 5.74) is 6.86. The summed E-state index contributed by atoms with van der Waals surface area (Å²) in [6.45, 7) is 1.73. The molecule has 112 valence electrons. The Labute approximate surface area is 127 Å². The SMILES string of the molecule is COc1cc(Cl)cc(-c2cc(N)on2)c1OC1CN(C)C1. The van der Waals surface area contributed by atoms with Crippen LogP contribution in [-0.2, 0) is 0 Å². The van der Waals surface area contributed by atoms with Crippen LogP contribution >= 0.6 is 11.6 Å². The van der Waals surface area contributed by atoms with Crippen LogP contribution < -0.4 is 15.2 Å². The number of nitrogens with two attached hydrogens (primary N) is 1. The maximum atomic E-state index is 6.13. The Balaban J connectivity index is 2.01. The Morgan fingerprint density at radius 2 is 2.14 bits per heavy atom. The number of likely N-dealkylation sites (N-methyl/N-ethyl adjacent to an activating group) is 1. The van der Waals surface area contributed by atoms with Crippen LogP contribution in [0.1, 0.15) is 0 Å². The van der Waals surface area contributed by atoms with E-state index in [9.17, 15) is 0 Å². The van der Waals surface area contributed by atoms with E-state index < -0.39 is 0 Å². The molecule has 0 amide bonds. The molecule has 21 heavy (non-hydrogen) atoms. The van der Waals surface area contributed by atoms with Crippen molar-refractivity contribution in [2.45, 2.75) is 6.10 Å². The molecule has 1 saturated heterocycles. The lowest BCUT2D eigenvalue weighted by molar-refractivity contribution is 0.0374. The van der Waals surface area contributed by atoms with Crippen molar-refractivity contribution in [3.63, 3.8) is 0 Å². The summed E-state index contributed by atoms with van der Waals surface area (Å²) in [6, 6.07) is 5.11. The highest BCUT2D eigenvalue weighted by Gasteiger charge is 2.28. The van der Waals surface area contributed by atoms with Crippen molar-refractivity contribution >= 4 is 17.5 Å². The molecule has 7 heteroatoms. The maximum absolute atomic E-state index is 6.13. The Morgan fingerprint density at radius 1 is 1.38 bits per heavy atom. The number of ether oxygens (including phenoxy) is 2. The summed E-state index contributed by atoms with van der Waals surface area (Å²) in [5, 5.41) is 4.45. The number of anilines is 1. The molecule has 1 fully saturated rings. The summed E-state index contributed by atoms with van der Waals surface area (Å²) < 4.78 is 16.4. The van der Waals surface area contributed by atoms with E-state index in [1.165, 1.54) is 0 Å². The second-order valence-electron chi connectivity index (χ2n) is 5.06. The van der Waals surface area contributed by atoms with Gasteiger partial charge in [0, 0.05) is 30.2 Å². The summed E-state index contributed by atoms with van der Waals surface area (Å²) in [6.07, 6.45) is 0.119. The number of hydrogen-bond donors (Lipinski definition) is 1. The number of halogens is 1. The standard InChI is InChI=1S/C14H16ClN3O3/c1-18-6-9(7-18)20-14-10(11-5-13(16)21-17-11)3-8(15)4-12(14)19-2/h3-5,9H,6-7,16H2,1-2H3. The summed E-state index contributed by atoms with van der Waals surface area (Å²) >= 11 is 6.13. The van der Waals surface area contributed by atoms with Gasteiger partial charge in [0.15, 0.2) is 11.5 Å². The molecule has 0 bridgehead atoms. The zero-order valence-electron chi connectivity index (χ0n) is 11.8. The molecule has 0 saturated carbocycles. The molecular formula is C14H16ClN3O3. The molecule has 0 unspecified atom stereocenters. The van der Waals surface area contributed by atoms with Crippen molar-refractivity contribution in [1.29, 1.82) is 0 Å². The van der Waals surface area contributed by atoms with Crippen LogP contribution in [-0.4, -0.2) is 43.4 Å². The average molecular weight is 310 g/mol. The molecular weight excluding hydrogens is 294 g/mol. The average Bonchev–Trinajstić information content (AvgIpc) is 2.84. The van der Waals surface area contributed by atoms with Gasteiger partial charge in [0.25, 0.3) is 0 Å². The lowest BCUT2D eigenvalue weighted by atomic mass is 10.1. The normalized spacial score (nSPS) is 15.8. The Bertz CT molecular complexity index is 653. The van der Waals surface area contributed by atoms with Gasteiger partial charge in [-0.15, -0.1) is 0 Å². The molecule has 0 spiro atoms. The molecule has 2 aromatic rings. The molecule has 1 aromatic heterocycles. The Kier molecular flexibility index (Phi) is 3.65. The predicted molar refractivity (Wildman–Crippen MR) is 79.8 cm³/mol. The first-order valence-corrected chi connectivity index (χ1v) is 6.90. The first kappa shape index (κ1) is 14.0. The van der Waals surface area contributed by atoms with E-state index >= 15 is 0 Å². The number of nitrogen functional groups attached to an aromatic ring is 1. The van der Waals surface area contributed by atoms with Crippen LogP contribution in [0.15, 0.2) is 22.7 Å². The highest BCUT2D eigenvalue weighted by atomic mass is 35.5. The summed E-state index contributed by atoms with van der Waals surface area (Å²) in [7, 11) is 3.62. The maximum Gasteiger partial charge on any atom is 0.222 e. The van der Waals surface area contributed by atoms with Gasteiger partial charge < -0.3 is 19.7 Å². The van der Waals surface area contributed by atoms with E-state index in [2.05, 4.69) is 10.1 Å². The fourth-order valence-electron chi connectivity index (χ4n) is 2.33. The van der Waals surface area contributed by atoms with Gasteiger partial charge in [-0.2, -0.15) is 0 Å². The highest BCUT2D eigenvalue weighted by molar-refractivity contribution is 6.31. The number of nitrogens with zero attached hydrogens (tertiary/aromatic N) is 2. The molecule has 2 heterocycles. The molecule has 6 nitrogen and oxygen atoms in total. The number of aromatic nitrogens is 1. The largest absolute Gasteiger partial charge is 0.493 e. The zero-order valence-corrected chi connectivity index (χ0v) is 12.6. The van der Waals surface area contributed by atoms with Crippen LogP contribution in [0.3, 0.4) is 0 Å². The third kappa shape index (κ3) is 2.77. The van der Waals surface area contributed by atoms with E-state index in [1.807, 2.05) is 7.05 Å². The summed E-state index contributed by atoms with van der Waals surface area (Å²) in [5.74, 6) is 1.40. The molecule has 0 aliphatic carbocycles. The quantitative estimate of drug-likeness (QED) is 0.934. The number of likely N-dealkylation sites (tertiary alicyclic amines) is 1.